The average Bonchev–Trinajstić information content (AvgIpc) is 3.01. The first-order valence-corrected chi connectivity index (χ1v) is 8.88. The molecule has 2 heterocycles. The van der Waals surface area contributed by atoms with Crippen molar-refractivity contribution in [1.29, 1.82) is 0 Å². The molecule has 1 fully saturated rings. The Morgan fingerprint density at radius 2 is 2.10 bits per heavy atom. The molecule has 4 rings (SSSR count). The van der Waals surface area contributed by atoms with Gasteiger partial charge in [0.25, 0.3) is 0 Å². The number of benzene rings is 1. The maximum Gasteiger partial charge on any atom is 0.114 e. The van der Waals surface area contributed by atoms with Crippen LogP contribution in [0.15, 0.2) is 24.3 Å². The van der Waals surface area contributed by atoms with Crippen LogP contribution in [-0.2, 0) is 0 Å². The normalized spacial score (nSPS) is 16.5. The van der Waals surface area contributed by atoms with Crippen LogP contribution in [-0.4, -0.2) is 15.8 Å². The first kappa shape index (κ1) is 13.6. The van der Waals surface area contributed by atoms with E-state index < -0.39 is 0 Å². The van der Waals surface area contributed by atoms with E-state index in [2.05, 4.69) is 26.2 Å². The molecule has 1 aliphatic rings. The van der Waals surface area contributed by atoms with E-state index in [1.54, 1.807) is 0 Å². The van der Waals surface area contributed by atoms with Crippen LogP contribution in [0.4, 0.5) is 0 Å². The highest BCUT2D eigenvalue weighted by Crippen LogP contribution is 2.45. The van der Waals surface area contributed by atoms with E-state index >= 15 is 0 Å². The fraction of sp³-hybridized carbons (Fsp3) is 0.333. The van der Waals surface area contributed by atoms with Crippen LogP contribution in [0.1, 0.15) is 23.8 Å². The van der Waals surface area contributed by atoms with Crippen LogP contribution in [0.3, 0.4) is 0 Å². The van der Waals surface area contributed by atoms with Gasteiger partial charge in [-0.1, -0.05) is 11.6 Å². The van der Waals surface area contributed by atoms with Crippen molar-refractivity contribution in [3.05, 3.63) is 34.2 Å². The molecule has 108 valence electrons. The standard InChI is InChI=1S/C15H14ClN3S2/c1-17-14(8-2-3-8)12-7-6-11(20-12)13-9(16)4-5-10-15(13)19-21-18-10/h4-8,14,17H,2-3H2,1H3. The van der Waals surface area contributed by atoms with Gasteiger partial charge in [0, 0.05) is 21.4 Å². The molecule has 3 nitrogen and oxygen atoms in total. The summed E-state index contributed by atoms with van der Waals surface area (Å²) in [5.41, 5.74) is 2.85. The van der Waals surface area contributed by atoms with E-state index in [0.29, 0.717) is 6.04 Å². The van der Waals surface area contributed by atoms with Gasteiger partial charge in [-0.3, -0.25) is 0 Å². The largest absolute Gasteiger partial charge is 0.312 e. The summed E-state index contributed by atoms with van der Waals surface area (Å²) in [5.74, 6) is 0.786. The third kappa shape index (κ3) is 2.38. The fourth-order valence-corrected chi connectivity index (χ4v) is 4.88. The van der Waals surface area contributed by atoms with Gasteiger partial charge in [-0.25, -0.2) is 0 Å². The lowest BCUT2D eigenvalue weighted by molar-refractivity contribution is 0.537. The molecule has 0 saturated heterocycles. The van der Waals surface area contributed by atoms with Gasteiger partial charge >= 0.3 is 0 Å². The lowest BCUT2D eigenvalue weighted by atomic mass is 10.1. The molecule has 0 spiro atoms. The minimum Gasteiger partial charge on any atom is -0.312 e. The number of rotatable bonds is 4. The van der Waals surface area contributed by atoms with Gasteiger partial charge in [-0.05, 0) is 50.1 Å². The van der Waals surface area contributed by atoms with Crippen molar-refractivity contribution in [3.63, 3.8) is 0 Å². The molecule has 6 heteroatoms. The van der Waals surface area contributed by atoms with Crippen LogP contribution in [0.2, 0.25) is 5.02 Å². The molecule has 1 saturated carbocycles. The van der Waals surface area contributed by atoms with Crippen molar-refractivity contribution in [3.8, 4) is 10.4 Å². The van der Waals surface area contributed by atoms with Crippen LogP contribution >= 0.6 is 34.7 Å². The summed E-state index contributed by atoms with van der Waals surface area (Å²) in [5, 5.41) is 4.19. The number of hydrogen-bond acceptors (Lipinski definition) is 5. The topological polar surface area (TPSA) is 37.8 Å². The lowest BCUT2D eigenvalue weighted by Crippen LogP contribution is -2.16. The van der Waals surface area contributed by atoms with Gasteiger partial charge in [0.05, 0.1) is 16.8 Å². The molecule has 0 radical (unpaired) electrons. The molecule has 1 N–H and O–H groups in total. The Kier molecular flexibility index (Phi) is 3.46. The van der Waals surface area contributed by atoms with Gasteiger partial charge in [-0.2, -0.15) is 8.75 Å². The number of thiophene rings is 1. The van der Waals surface area contributed by atoms with E-state index in [4.69, 9.17) is 11.6 Å². The van der Waals surface area contributed by atoms with E-state index in [0.717, 1.165) is 27.5 Å². The number of aromatic nitrogens is 2. The monoisotopic (exact) mass is 335 g/mol. The number of fused-ring (bicyclic) bond motifs is 1. The predicted octanol–water partition coefficient (Wildman–Crippen LogP) is 4.74. The first-order chi connectivity index (χ1) is 10.3. The molecule has 2 aromatic heterocycles. The minimum absolute atomic E-state index is 0.468. The smallest absolute Gasteiger partial charge is 0.114 e. The van der Waals surface area contributed by atoms with Gasteiger partial charge in [0.2, 0.25) is 0 Å². The number of nitrogens with one attached hydrogen (secondary N) is 1. The maximum atomic E-state index is 6.42. The Hall–Kier alpha value is -1.01. The summed E-state index contributed by atoms with van der Waals surface area (Å²) in [4.78, 5) is 2.56. The summed E-state index contributed by atoms with van der Waals surface area (Å²) in [6.07, 6.45) is 2.65. The van der Waals surface area contributed by atoms with Gasteiger partial charge < -0.3 is 5.32 Å². The molecule has 0 aliphatic heterocycles. The molecular weight excluding hydrogens is 322 g/mol. The third-order valence-electron chi connectivity index (χ3n) is 3.96. The first-order valence-electron chi connectivity index (χ1n) is 6.96. The highest BCUT2D eigenvalue weighted by molar-refractivity contribution is 7.15. The highest BCUT2D eigenvalue weighted by atomic mass is 35.5. The molecule has 0 amide bonds. The summed E-state index contributed by atoms with van der Waals surface area (Å²) in [7, 11) is 2.04. The zero-order chi connectivity index (χ0) is 14.4. The van der Waals surface area contributed by atoms with E-state index in [9.17, 15) is 0 Å². The SMILES string of the molecule is CNC(c1ccc(-c2c(Cl)ccc3nsnc23)s1)C1CC1. The van der Waals surface area contributed by atoms with Crippen molar-refractivity contribution < 1.29 is 0 Å². The van der Waals surface area contributed by atoms with Crippen molar-refractivity contribution >= 4 is 45.7 Å². The Morgan fingerprint density at radius 1 is 1.24 bits per heavy atom. The van der Waals surface area contributed by atoms with Gasteiger partial charge in [-0.15, -0.1) is 11.3 Å². The quantitative estimate of drug-likeness (QED) is 0.748. The molecule has 0 bridgehead atoms. The summed E-state index contributed by atoms with van der Waals surface area (Å²) >= 11 is 9.47. The highest BCUT2D eigenvalue weighted by Gasteiger charge is 2.32. The molecule has 21 heavy (non-hydrogen) atoms. The van der Waals surface area contributed by atoms with Gasteiger partial charge in [0.15, 0.2) is 0 Å². The minimum atomic E-state index is 0.468. The van der Waals surface area contributed by atoms with E-state index in [-0.39, 0.29) is 0 Å². The van der Waals surface area contributed by atoms with Crippen LogP contribution in [0.25, 0.3) is 21.5 Å². The molecule has 3 aromatic rings. The van der Waals surface area contributed by atoms with E-state index in [1.807, 2.05) is 30.5 Å². The second kappa shape index (κ2) is 5.32. The van der Waals surface area contributed by atoms with Crippen molar-refractivity contribution in [2.75, 3.05) is 7.05 Å². The number of hydrogen-bond donors (Lipinski definition) is 1. The van der Waals surface area contributed by atoms with E-state index in [1.165, 1.54) is 34.3 Å². The summed E-state index contributed by atoms with van der Waals surface area (Å²) in [6, 6.07) is 8.69. The van der Waals surface area contributed by atoms with Gasteiger partial charge in [0.1, 0.15) is 11.0 Å². The zero-order valence-electron chi connectivity index (χ0n) is 11.5. The number of nitrogens with zero attached hydrogens (tertiary/aromatic N) is 2. The molecular formula is C15H14ClN3S2. The Labute approximate surface area is 136 Å². The van der Waals surface area contributed by atoms with Crippen molar-refractivity contribution in [2.24, 2.45) is 5.92 Å². The Morgan fingerprint density at radius 3 is 2.86 bits per heavy atom. The molecule has 1 aromatic carbocycles. The third-order valence-corrected chi connectivity index (χ3v) is 6.00. The fourth-order valence-electron chi connectivity index (χ4n) is 2.76. The molecule has 1 aliphatic carbocycles. The lowest BCUT2D eigenvalue weighted by Gasteiger charge is -2.12. The maximum absolute atomic E-state index is 6.42. The number of halogens is 1. The van der Waals surface area contributed by atoms with Crippen LogP contribution in [0.5, 0.6) is 0 Å². The average molecular weight is 336 g/mol. The Bertz CT molecular complexity index is 791. The zero-order valence-corrected chi connectivity index (χ0v) is 13.9. The molecule has 1 atom stereocenters. The summed E-state index contributed by atoms with van der Waals surface area (Å²) < 4.78 is 8.72. The van der Waals surface area contributed by atoms with Crippen molar-refractivity contribution in [1.82, 2.24) is 14.1 Å². The van der Waals surface area contributed by atoms with Crippen LogP contribution < -0.4 is 5.32 Å². The second-order valence-electron chi connectivity index (χ2n) is 5.36. The van der Waals surface area contributed by atoms with Crippen molar-refractivity contribution in [2.45, 2.75) is 18.9 Å². The predicted molar refractivity (Wildman–Crippen MR) is 90.3 cm³/mol. The Balaban J connectivity index is 1.80. The summed E-state index contributed by atoms with van der Waals surface area (Å²) in [6.45, 7) is 0. The second-order valence-corrected chi connectivity index (χ2v) is 7.41. The van der Waals surface area contributed by atoms with Crippen LogP contribution in [0, 0.1) is 5.92 Å². The molecule has 1 unspecified atom stereocenters.